The molecular formula is C12H16N2O2. The van der Waals surface area contributed by atoms with Gasteiger partial charge < -0.3 is 15.7 Å². The van der Waals surface area contributed by atoms with Crippen LogP contribution in [0.5, 0.6) is 5.75 Å². The van der Waals surface area contributed by atoms with Crippen molar-refractivity contribution in [2.75, 3.05) is 11.9 Å². The van der Waals surface area contributed by atoms with Gasteiger partial charge in [-0.1, -0.05) is 6.07 Å². The highest BCUT2D eigenvalue weighted by atomic mass is 16.3. The molecule has 1 saturated heterocycles. The number of hydrogen-bond acceptors (Lipinski definition) is 3. The van der Waals surface area contributed by atoms with Crippen molar-refractivity contribution >= 4 is 11.6 Å². The Balaban J connectivity index is 2.07. The van der Waals surface area contributed by atoms with Gasteiger partial charge in [-0.25, -0.2) is 0 Å². The molecule has 0 spiro atoms. The Kier molecular flexibility index (Phi) is 2.83. The van der Waals surface area contributed by atoms with Crippen LogP contribution in [0.1, 0.15) is 19.8 Å². The van der Waals surface area contributed by atoms with E-state index in [1.807, 2.05) is 6.92 Å². The van der Waals surface area contributed by atoms with E-state index in [2.05, 4.69) is 10.6 Å². The zero-order valence-corrected chi connectivity index (χ0v) is 9.29. The van der Waals surface area contributed by atoms with E-state index in [1.165, 1.54) is 6.07 Å². The minimum absolute atomic E-state index is 0.0457. The van der Waals surface area contributed by atoms with Gasteiger partial charge in [0.05, 0.1) is 5.54 Å². The second kappa shape index (κ2) is 4.14. The van der Waals surface area contributed by atoms with Gasteiger partial charge in [-0.05, 0) is 38.4 Å². The molecule has 3 N–H and O–H groups in total. The van der Waals surface area contributed by atoms with E-state index in [0.29, 0.717) is 5.69 Å². The summed E-state index contributed by atoms with van der Waals surface area (Å²) in [6.45, 7) is 2.78. The molecule has 86 valence electrons. The first-order valence-corrected chi connectivity index (χ1v) is 5.46. The van der Waals surface area contributed by atoms with Crippen LogP contribution in [0.3, 0.4) is 0 Å². The van der Waals surface area contributed by atoms with Gasteiger partial charge in [-0.2, -0.15) is 0 Å². The first kappa shape index (κ1) is 11.0. The summed E-state index contributed by atoms with van der Waals surface area (Å²) < 4.78 is 0. The number of hydrogen-bond donors (Lipinski definition) is 3. The molecule has 1 atom stereocenters. The number of carbonyl (C=O) groups excluding carboxylic acids is 1. The van der Waals surface area contributed by atoms with E-state index >= 15 is 0 Å². The van der Waals surface area contributed by atoms with Gasteiger partial charge in [-0.3, -0.25) is 4.79 Å². The fourth-order valence-electron chi connectivity index (χ4n) is 1.94. The minimum Gasteiger partial charge on any atom is -0.508 e. The summed E-state index contributed by atoms with van der Waals surface area (Å²) in [6.07, 6.45) is 1.86. The van der Waals surface area contributed by atoms with Crippen LogP contribution in [0.25, 0.3) is 0 Å². The third-order valence-corrected chi connectivity index (χ3v) is 2.97. The van der Waals surface area contributed by atoms with Crippen LogP contribution in [-0.2, 0) is 4.79 Å². The normalized spacial score (nSPS) is 24.3. The van der Waals surface area contributed by atoms with Crippen molar-refractivity contribution in [3.8, 4) is 5.75 Å². The molecule has 1 aromatic rings. The summed E-state index contributed by atoms with van der Waals surface area (Å²) >= 11 is 0. The Bertz CT molecular complexity index is 398. The van der Waals surface area contributed by atoms with Gasteiger partial charge in [0.25, 0.3) is 0 Å². The SMILES string of the molecule is CC1(C(=O)Nc2cccc(O)c2)CCCN1. The number of phenols is 1. The molecule has 4 nitrogen and oxygen atoms in total. The zero-order valence-electron chi connectivity index (χ0n) is 9.29. The number of amides is 1. The molecule has 1 aliphatic heterocycles. The molecule has 1 heterocycles. The van der Waals surface area contributed by atoms with Crippen LogP contribution >= 0.6 is 0 Å². The number of anilines is 1. The second-order valence-electron chi connectivity index (χ2n) is 4.37. The lowest BCUT2D eigenvalue weighted by molar-refractivity contribution is -0.121. The maximum absolute atomic E-state index is 12.0. The largest absolute Gasteiger partial charge is 0.508 e. The fourth-order valence-corrected chi connectivity index (χ4v) is 1.94. The Hall–Kier alpha value is -1.55. The Morgan fingerprint density at radius 3 is 3.00 bits per heavy atom. The van der Waals surface area contributed by atoms with E-state index in [9.17, 15) is 9.90 Å². The molecule has 2 rings (SSSR count). The number of aromatic hydroxyl groups is 1. The summed E-state index contributed by atoms with van der Waals surface area (Å²) in [7, 11) is 0. The van der Waals surface area contributed by atoms with Crippen LogP contribution in [0.4, 0.5) is 5.69 Å². The molecule has 1 aromatic carbocycles. The Labute approximate surface area is 94.7 Å². The first-order chi connectivity index (χ1) is 7.60. The van der Waals surface area contributed by atoms with Crippen molar-refractivity contribution in [2.24, 2.45) is 0 Å². The summed E-state index contributed by atoms with van der Waals surface area (Å²) in [5.41, 5.74) is 0.144. The van der Waals surface area contributed by atoms with Gasteiger partial charge in [0, 0.05) is 11.8 Å². The number of benzene rings is 1. The molecular weight excluding hydrogens is 204 g/mol. The monoisotopic (exact) mass is 220 g/mol. The van der Waals surface area contributed by atoms with E-state index in [0.717, 1.165) is 19.4 Å². The van der Waals surface area contributed by atoms with E-state index in [-0.39, 0.29) is 11.7 Å². The lowest BCUT2D eigenvalue weighted by Gasteiger charge is -2.23. The number of rotatable bonds is 2. The molecule has 0 aromatic heterocycles. The van der Waals surface area contributed by atoms with Crippen molar-refractivity contribution in [2.45, 2.75) is 25.3 Å². The average molecular weight is 220 g/mol. The molecule has 0 radical (unpaired) electrons. The van der Waals surface area contributed by atoms with E-state index < -0.39 is 5.54 Å². The molecule has 1 fully saturated rings. The maximum atomic E-state index is 12.0. The minimum atomic E-state index is -0.481. The van der Waals surface area contributed by atoms with Crippen LogP contribution in [-0.4, -0.2) is 23.1 Å². The fraction of sp³-hybridized carbons (Fsp3) is 0.417. The molecule has 1 unspecified atom stereocenters. The van der Waals surface area contributed by atoms with Gasteiger partial charge in [0.1, 0.15) is 5.75 Å². The van der Waals surface area contributed by atoms with Crippen molar-refractivity contribution in [3.63, 3.8) is 0 Å². The molecule has 1 aliphatic rings. The Morgan fingerprint density at radius 1 is 1.56 bits per heavy atom. The third-order valence-electron chi connectivity index (χ3n) is 2.97. The van der Waals surface area contributed by atoms with E-state index in [4.69, 9.17) is 0 Å². The molecule has 4 heteroatoms. The van der Waals surface area contributed by atoms with Crippen molar-refractivity contribution in [1.82, 2.24) is 5.32 Å². The Morgan fingerprint density at radius 2 is 2.38 bits per heavy atom. The number of nitrogens with one attached hydrogen (secondary N) is 2. The van der Waals surface area contributed by atoms with Crippen LogP contribution < -0.4 is 10.6 Å². The van der Waals surface area contributed by atoms with E-state index in [1.54, 1.807) is 18.2 Å². The molecule has 16 heavy (non-hydrogen) atoms. The molecule has 0 aliphatic carbocycles. The van der Waals surface area contributed by atoms with Gasteiger partial charge in [0.2, 0.25) is 5.91 Å². The lowest BCUT2D eigenvalue weighted by atomic mass is 9.99. The molecule has 1 amide bonds. The molecule has 0 saturated carbocycles. The first-order valence-electron chi connectivity index (χ1n) is 5.46. The third kappa shape index (κ3) is 2.17. The summed E-state index contributed by atoms with van der Waals surface area (Å²) in [5.74, 6) is 0.109. The summed E-state index contributed by atoms with van der Waals surface area (Å²) in [6, 6.07) is 6.58. The predicted molar refractivity (Wildman–Crippen MR) is 62.4 cm³/mol. The zero-order chi connectivity index (χ0) is 11.6. The standard InChI is InChI=1S/C12H16N2O2/c1-12(6-3-7-13-12)11(16)14-9-4-2-5-10(15)8-9/h2,4-5,8,13,15H,3,6-7H2,1H3,(H,14,16). The van der Waals surface area contributed by atoms with Crippen LogP contribution in [0, 0.1) is 0 Å². The average Bonchev–Trinajstić information content (AvgIpc) is 2.66. The lowest BCUT2D eigenvalue weighted by Crippen LogP contribution is -2.47. The molecule has 0 bridgehead atoms. The maximum Gasteiger partial charge on any atom is 0.244 e. The number of phenolic OH excluding ortho intramolecular Hbond substituents is 1. The van der Waals surface area contributed by atoms with Crippen LogP contribution in [0.15, 0.2) is 24.3 Å². The quantitative estimate of drug-likeness (QED) is 0.707. The highest BCUT2D eigenvalue weighted by Crippen LogP contribution is 2.22. The van der Waals surface area contributed by atoms with Gasteiger partial charge in [0.15, 0.2) is 0 Å². The summed E-state index contributed by atoms with van der Waals surface area (Å²) in [5, 5.41) is 15.3. The highest BCUT2D eigenvalue weighted by Gasteiger charge is 2.35. The van der Waals surface area contributed by atoms with Crippen LogP contribution in [0.2, 0.25) is 0 Å². The van der Waals surface area contributed by atoms with Crippen molar-refractivity contribution in [1.29, 1.82) is 0 Å². The van der Waals surface area contributed by atoms with Gasteiger partial charge in [-0.15, -0.1) is 0 Å². The topological polar surface area (TPSA) is 61.4 Å². The van der Waals surface area contributed by atoms with Crippen molar-refractivity contribution in [3.05, 3.63) is 24.3 Å². The van der Waals surface area contributed by atoms with Crippen molar-refractivity contribution < 1.29 is 9.90 Å². The second-order valence-corrected chi connectivity index (χ2v) is 4.37. The smallest absolute Gasteiger partial charge is 0.244 e. The number of carbonyl (C=O) groups is 1. The van der Waals surface area contributed by atoms with Gasteiger partial charge >= 0.3 is 0 Å². The summed E-state index contributed by atoms with van der Waals surface area (Å²) in [4.78, 5) is 12.0. The highest BCUT2D eigenvalue weighted by molar-refractivity contribution is 5.98. The predicted octanol–water partition coefficient (Wildman–Crippen LogP) is 1.47.